The number of amides is 1. The molecule has 0 aromatic heterocycles. The highest BCUT2D eigenvalue weighted by Gasteiger charge is 2.10. The molecule has 1 aromatic rings. The van der Waals surface area contributed by atoms with Gasteiger partial charge < -0.3 is 5.32 Å². The van der Waals surface area contributed by atoms with Gasteiger partial charge in [-0.15, -0.1) is 0 Å². The number of primary sulfonamides is 1. The van der Waals surface area contributed by atoms with Crippen LogP contribution in [0.4, 0.5) is 0 Å². The molecule has 0 radical (unpaired) electrons. The summed E-state index contributed by atoms with van der Waals surface area (Å²) in [6.45, 7) is 1.98. The van der Waals surface area contributed by atoms with Gasteiger partial charge in [-0.3, -0.25) is 4.79 Å². The first kappa shape index (κ1) is 13.7. The third kappa shape index (κ3) is 4.54. The van der Waals surface area contributed by atoms with E-state index in [1.165, 1.54) is 0 Å². The number of nitrogens with two attached hydrogens (primary N) is 1. The summed E-state index contributed by atoms with van der Waals surface area (Å²) >= 11 is 0. The maximum absolute atomic E-state index is 11.8. The molecule has 3 N–H and O–H groups in total. The predicted molar refractivity (Wildman–Crippen MR) is 66.1 cm³/mol. The lowest BCUT2D eigenvalue weighted by Crippen LogP contribution is -2.31. The summed E-state index contributed by atoms with van der Waals surface area (Å²) < 4.78 is 21.4. The topological polar surface area (TPSA) is 89.3 Å². The summed E-state index contributed by atoms with van der Waals surface area (Å²) in [6.07, 6.45) is 0.749. The van der Waals surface area contributed by atoms with Crippen molar-refractivity contribution in [1.29, 1.82) is 0 Å². The van der Waals surface area contributed by atoms with Crippen LogP contribution in [0.15, 0.2) is 24.3 Å². The van der Waals surface area contributed by atoms with Crippen molar-refractivity contribution in [2.24, 2.45) is 5.14 Å². The van der Waals surface area contributed by atoms with E-state index in [9.17, 15) is 13.2 Å². The monoisotopic (exact) mass is 256 g/mol. The van der Waals surface area contributed by atoms with Crippen molar-refractivity contribution in [2.45, 2.75) is 13.3 Å². The van der Waals surface area contributed by atoms with Crippen LogP contribution >= 0.6 is 0 Å². The lowest BCUT2D eigenvalue weighted by atomic mass is 10.1. The summed E-state index contributed by atoms with van der Waals surface area (Å²) in [5.41, 5.74) is 1.50. The molecule has 0 bridgehead atoms. The van der Waals surface area contributed by atoms with Crippen molar-refractivity contribution in [3.8, 4) is 0 Å². The molecule has 0 aliphatic rings. The quantitative estimate of drug-likeness (QED) is 0.792. The maximum Gasteiger partial charge on any atom is 0.251 e. The first-order valence-corrected chi connectivity index (χ1v) is 7.02. The molecule has 1 amide bonds. The molecule has 0 aliphatic carbocycles. The van der Waals surface area contributed by atoms with Crippen molar-refractivity contribution in [3.05, 3.63) is 35.4 Å². The fourth-order valence-corrected chi connectivity index (χ4v) is 1.84. The molecule has 0 saturated carbocycles. The Morgan fingerprint density at radius 1 is 1.35 bits per heavy atom. The minimum absolute atomic E-state index is 0.0235. The number of sulfonamides is 1. The van der Waals surface area contributed by atoms with Gasteiger partial charge in [-0.25, -0.2) is 13.6 Å². The van der Waals surface area contributed by atoms with Crippen molar-refractivity contribution < 1.29 is 13.2 Å². The van der Waals surface area contributed by atoms with Crippen molar-refractivity contribution >= 4 is 15.9 Å². The van der Waals surface area contributed by atoms with E-state index in [-0.39, 0.29) is 18.2 Å². The van der Waals surface area contributed by atoms with Crippen LogP contribution in [0.2, 0.25) is 0 Å². The molecule has 0 heterocycles. The molecular weight excluding hydrogens is 240 g/mol. The third-order valence-electron chi connectivity index (χ3n) is 2.32. The molecule has 6 heteroatoms. The number of nitrogens with one attached hydrogen (secondary N) is 1. The van der Waals surface area contributed by atoms with Gasteiger partial charge in [0.05, 0.1) is 5.75 Å². The van der Waals surface area contributed by atoms with Gasteiger partial charge in [0.15, 0.2) is 0 Å². The van der Waals surface area contributed by atoms with Crippen LogP contribution in [0.5, 0.6) is 0 Å². The van der Waals surface area contributed by atoms with Crippen LogP contribution in [0.1, 0.15) is 22.8 Å². The van der Waals surface area contributed by atoms with Crippen LogP contribution in [-0.4, -0.2) is 26.6 Å². The van der Waals surface area contributed by atoms with E-state index in [2.05, 4.69) is 5.32 Å². The minimum atomic E-state index is -3.53. The van der Waals surface area contributed by atoms with Gasteiger partial charge in [0.2, 0.25) is 10.0 Å². The van der Waals surface area contributed by atoms with E-state index in [0.29, 0.717) is 5.56 Å². The summed E-state index contributed by atoms with van der Waals surface area (Å²) in [4.78, 5) is 11.8. The third-order valence-corrected chi connectivity index (χ3v) is 3.09. The van der Waals surface area contributed by atoms with Gasteiger partial charge in [-0.2, -0.15) is 0 Å². The number of carbonyl (C=O) groups excluding carboxylic acids is 1. The molecule has 5 nitrogen and oxygen atoms in total. The Hall–Kier alpha value is -1.40. The largest absolute Gasteiger partial charge is 0.351 e. The zero-order chi connectivity index (χ0) is 12.9. The number of hydrogen-bond acceptors (Lipinski definition) is 3. The van der Waals surface area contributed by atoms with Crippen LogP contribution in [0, 0.1) is 0 Å². The Labute approximate surface area is 101 Å². The van der Waals surface area contributed by atoms with E-state index in [0.717, 1.165) is 12.0 Å². The standard InChI is InChI=1S/C11H16N2O3S/c1-2-9-5-3-4-6-10(9)11(14)13-7-8-17(12,15)16/h3-6H,2,7-8H2,1H3,(H,13,14)(H2,12,15,16). The Bertz CT molecular complexity index is 497. The van der Waals surface area contributed by atoms with Crippen molar-refractivity contribution in [3.63, 3.8) is 0 Å². The van der Waals surface area contributed by atoms with Gasteiger partial charge in [-0.05, 0) is 18.1 Å². The SMILES string of the molecule is CCc1ccccc1C(=O)NCCS(N)(=O)=O. The fourth-order valence-electron chi connectivity index (χ4n) is 1.45. The Kier molecular flexibility index (Phi) is 4.65. The molecule has 0 aliphatic heterocycles. The number of benzene rings is 1. The summed E-state index contributed by atoms with van der Waals surface area (Å²) in [6, 6.07) is 7.22. The Morgan fingerprint density at radius 2 is 2.00 bits per heavy atom. The van der Waals surface area contributed by atoms with Gasteiger partial charge in [0.1, 0.15) is 0 Å². The van der Waals surface area contributed by atoms with Crippen molar-refractivity contribution in [2.75, 3.05) is 12.3 Å². The second-order valence-corrected chi connectivity index (χ2v) is 5.37. The summed E-state index contributed by atoms with van der Waals surface area (Å²) in [7, 11) is -3.53. The van der Waals surface area contributed by atoms with E-state index >= 15 is 0 Å². The van der Waals surface area contributed by atoms with E-state index in [1.807, 2.05) is 19.1 Å². The highest BCUT2D eigenvalue weighted by atomic mass is 32.2. The van der Waals surface area contributed by atoms with Crippen LogP contribution in [-0.2, 0) is 16.4 Å². The van der Waals surface area contributed by atoms with Gasteiger partial charge in [0, 0.05) is 12.1 Å². The zero-order valence-corrected chi connectivity index (χ0v) is 10.5. The van der Waals surface area contributed by atoms with Crippen LogP contribution in [0.3, 0.4) is 0 Å². The lowest BCUT2D eigenvalue weighted by molar-refractivity contribution is 0.0955. The zero-order valence-electron chi connectivity index (χ0n) is 9.64. The second kappa shape index (κ2) is 5.79. The Balaban J connectivity index is 2.64. The summed E-state index contributed by atoms with van der Waals surface area (Å²) in [5.74, 6) is -0.529. The number of rotatable bonds is 5. The molecule has 0 unspecified atom stereocenters. The highest BCUT2D eigenvalue weighted by Crippen LogP contribution is 2.08. The molecule has 0 spiro atoms. The first-order chi connectivity index (χ1) is 7.94. The minimum Gasteiger partial charge on any atom is -0.351 e. The summed E-state index contributed by atoms with van der Waals surface area (Å²) in [5, 5.41) is 7.37. The normalized spacial score (nSPS) is 11.2. The average molecular weight is 256 g/mol. The second-order valence-electron chi connectivity index (χ2n) is 3.63. The van der Waals surface area contributed by atoms with Gasteiger partial charge >= 0.3 is 0 Å². The first-order valence-electron chi connectivity index (χ1n) is 5.30. The average Bonchev–Trinajstić information content (AvgIpc) is 2.27. The maximum atomic E-state index is 11.8. The van der Waals surface area contributed by atoms with Crippen LogP contribution in [0.25, 0.3) is 0 Å². The van der Waals surface area contributed by atoms with E-state index in [4.69, 9.17) is 5.14 Å². The van der Waals surface area contributed by atoms with E-state index in [1.54, 1.807) is 12.1 Å². The van der Waals surface area contributed by atoms with E-state index < -0.39 is 10.0 Å². The molecule has 1 aromatic carbocycles. The predicted octanol–water partition coefficient (Wildman–Crippen LogP) is 0.267. The molecule has 0 saturated heterocycles. The van der Waals surface area contributed by atoms with Crippen molar-refractivity contribution in [1.82, 2.24) is 5.32 Å². The molecule has 1 rings (SSSR count). The molecular formula is C11H16N2O3S. The van der Waals surface area contributed by atoms with Crippen LogP contribution < -0.4 is 10.5 Å². The van der Waals surface area contributed by atoms with Gasteiger partial charge in [0.25, 0.3) is 5.91 Å². The highest BCUT2D eigenvalue weighted by molar-refractivity contribution is 7.89. The number of hydrogen-bond donors (Lipinski definition) is 2. The Morgan fingerprint density at radius 3 is 2.59 bits per heavy atom. The molecule has 0 fully saturated rings. The van der Waals surface area contributed by atoms with Gasteiger partial charge in [-0.1, -0.05) is 25.1 Å². The number of carbonyl (C=O) groups is 1. The fraction of sp³-hybridized carbons (Fsp3) is 0.364. The smallest absolute Gasteiger partial charge is 0.251 e. The number of aryl methyl sites for hydroxylation is 1. The molecule has 94 valence electrons. The lowest BCUT2D eigenvalue weighted by Gasteiger charge is -2.08. The molecule has 0 atom stereocenters. The molecule has 17 heavy (non-hydrogen) atoms.